The molecule has 0 saturated carbocycles. The van der Waals surface area contributed by atoms with Crippen molar-refractivity contribution in [2.75, 3.05) is 25.0 Å². The molecule has 1 unspecified atom stereocenters. The second kappa shape index (κ2) is 6.94. The molecule has 1 aromatic carbocycles. The van der Waals surface area contributed by atoms with Crippen LogP contribution in [0.3, 0.4) is 0 Å². The quantitative estimate of drug-likeness (QED) is 0.876. The summed E-state index contributed by atoms with van der Waals surface area (Å²) in [7, 11) is 0. The van der Waals surface area contributed by atoms with E-state index in [1.807, 2.05) is 32.0 Å². The van der Waals surface area contributed by atoms with Crippen molar-refractivity contribution in [3.8, 4) is 5.75 Å². The van der Waals surface area contributed by atoms with Crippen molar-refractivity contribution < 1.29 is 9.53 Å². The highest BCUT2D eigenvalue weighted by molar-refractivity contribution is 5.96. The molecule has 2 rings (SSSR count). The molecule has 0 spiro atoms. The van der Waals surface area contributed by atoms with Crippen LogP contribution in [-0.4, -0.2) is 25.6 Å². The molecule has 21 heavy (non-hydrogen) atoms. The van der Waals surface area contributed by atoms with Gasteiger partial charge >= 0.3 is 0 Å². The van der Waals surface area contributed by atoms with Crippen LogP contribution < -0.4 is 15.4 Å². The van der Waals surface area contributed by atoms with Crippen LogP contribution in [0.5, 0.6) is 5.75 Å². The van der Waals surface area contributed by atoms with Crippen molar-refractivity contribution in [1.82, 2.24) is 5.32 Å². The predicted octanol–water partition coefficient (Wildman–Crippen LogP) is 3.11. The number of carbonyl (C=O) groups is 1. The summed E-state index contributed by atoms with van der Waals surface area (Å²) in [6, 6.07) is 5.89. The fraction of sp³-hybridized carbons (Fsp3) is 0.588. The number of nitrogens with one attached hydrogen (secondary N) is 2. The molecule has 0 bridgehead atoms. The minimum absolute atomic E-state index is 0.0991. The Balaban J connectivity index is 2.18. The molecule has 1 amide bonds. The molecule has 1 aliphatic heterocycles. The zero-order chi connectivity index (χ0) is 15.3. The third-order valence-electron chi connectivity index (χ3n) is 4.32. The average molecular weight is 290 g/mol. The third-order valence-corrected chi connectivity index (χ3v) is 4.32. The Hall–Kier alpha value is -1.55. The lowest BCUT2D eigenvalue weighted by atomic mass is 9.77. The molecule has 1 atom stereocenters. The van der Waals surface area contributed by atoms with Gasteiger partial charge in [0.05, 0.1) is 17.7 Å². The highest BCUT2D eigenvalue weighted by atomic mass is 16.5. The summed E-state index contributed by atoms with van der Waals surface area (Å²) in [6.07, 6.45) is 2.84. The van der Waals surface area contributed by atoms with Crippen LogP contribution in [0, 0.1) is 12.3 Å². The minimum atomic E-state index is -0.299. The van der Waals surface area contributed by atoms with E-state index in [0.717, 1.165) is 49.4 Å². The van der Waals surface area contributed by atoms with E-state index in [-0.39, 0.29) is 11.3 Å². The first-order valence-electron chi connectivity index (χ1n) is 7.87. The Labute approximate surface area is 127 Å². The molecule has 1 aliphatic rings. The molecule has 0 aromatic heterocycles. The van der Waals surface area contributed by atoms with Gasteiger partial charge in [0, 0.05) is 6.54 Å². The van der Waals surface area contributed by atoms with Crippen LogP contribution in [-0.2, 0) is 4.79 Å². The number of aryl methyl sites for hydroxylation is 1. The fourth-order valence-corrected chi connectivity index (χ4v) is 2.89. The number of piperidine rings is 1. The number of anilines is 1. The van der Waals surface area contributed by atoms with Crippen LogP contribution >= 0.6 is 0 Å². The van der Waals surface area contributed by atoms with Crippen LogP contribution in [0.15, 0.2) is 18.2 Å². The number of hydrogen-bond acceptors (Lipinski definition) is 3. The molecule has 1 heterocycles. The summed E-state index contributed by atoms with van der Waals surface area (Å²) in [5.74, 6) is 0.850. The number of benzene rings is 1. The van der Waals surface area contributed by atoms with E-state index in [9.17, 15) is 4.79 Å². The van der Waals surface area contributed by atoms with Gasteiger partial charge in [-0.2, -0.15) is 0 Å². The fourth-order valence-electron chi connectivity index (χ4n) is 2.89. The van der Waals surface area contributed by atoms with Crippen molar-refractivity contribution in [3.63, 3.8) is 0 Å². The van der Waals surface area contributed by atoms with Crippen LogP contribution in [0.2, 0.25) is 0 Å². The Bertz CT molecular complexity index is 494. The smallest absolute Gasteiger partial charge is 0.231 e. The van der Waals surface area contributed by atoms with Crippen molar-refractivity contribution in [3.05, 3.63) is 23.8 Å². The lowest BCUT2D eigenvalue weighted by Crippen LogP contribution is -2.47. The maximum Gasteiger partial charge on any atom is 0.231 e. The lowest BCUT2D eigenvalue weighted by molar-refractivity contribution is -0.126. The van der Waals surface area contributed by atoms with Gasteiger partial charge in [-0.25, -0.2) is 0 Å². The van der Waals surface area contributed by atoms with Gasteiger partial charge in [0.2, 0.25) is 5.91 Å². The van der Waals surface area contributed by atoms with Crippen LogP contribution in [0.1, 0.15) is 38.7 Å². The number of rotatable bonds is 5. The molecule has 0 radical (unpaired) electrons. The first-order chi connectivity index (χ1) is 10.1. The average Bonchev–Trinajstić information content (AvgIpc) is 2.51. The van der Waals surface area contributed by atoms with Crippen molar-refractivity contribution in [2.24, 2.45) is 5.41 Å². The number of amides is 1. The zero-order valence-corrected chi connectivity index (χ0v) is 13.3. The first-order valence-corrected chi connectivity index (χ1v) is 7.87. The van der Waals surface area contributed by atoms with E-state index in [0.29, 0.717) is 6.61 Å². The molecule has 0 aliphatic carbocycles. The summed E-state index contributed by atoms with van der Waals surface area (Å²) in [5, 5.41) is 6.43. The standard InChI is InChI=1S/C17H26N2O2/c1-4-17(9-6-10-18-12-17)16(20)19-14-8-7-13(3)11-15(14)21-5-2/h7-8,11,18H,4-6,9-10,12H2,1-3H3,(H,19,20). The van der Waals surface area contributed by atoms with E-state index in [4.69, 9.17) is 4.74 Å². The van der Waals surface area contributed by atoms with Gasteiger partial charge in [0.25, 0.3) is 0 Å². The SMILES string of the molecule is CCOc1cc(C)ccc1NC(=O)C1(CC)CCCNC1. The van der Waals surface area contributed by atoms with Gasteiger partial charge in [0.1, 0.15) is 5.75 Å². The molecular formula is C17H26N2O2. The number of hydrogen-bond donors (Lipinski definition) is 2. The van der Waals surface area contributed by atoms with Crippen LogP contribution in [0.4, 0.5) is 5.69 Å². The zero-order valence-electron chi connectivity index (χ0n) is 13.3. The second-order valence-corrected chi connectivity index (χ2v) is 5.80. The van der Waals surface area contributed by atoms with Gasteiger partial charge in [-0.15, -0.1) is 0 Å². The van der Waals surface area contributed by atoms with Gasteiger partial charge in [-0.1, -0.05) is 13.0 Å². The summed E-state index contributed by atoms with van der Waals surface area (Å²) in [4.78, 5) is 12.8. The summed E-state index contributed by atoms with van der Waals surface area (Å²) < 4.78 is 5.64. The molecule has 1 aromatic rings. The Kier molecular flexibility index (Phi) is 5.23. The molecule has 1 saturated heterocycles. The van der Waals surface area contributed by atoms with E-state index in [2.05, 4.69) is 17.6 Å². The van der Waals surface area contributed by atoms with Crippen molar-refractivity contribution >= 4 is 11.6 Å². The first kappa shape index (κ1) is 15.8. The Morgan fingerprint density at radius 1 is 1.43 bits per heavy atom. The summed E-state index contributed by atoms with van der Waals surface area (Å²) in [6.45, 7) is 8.41. The van der Waals surface area contributed by atoms with E-state index in [1.54, 1.807) is 0 Å². The van der Waals surface area contributed by atoms with Crippen molar-refractivity contribution in [1.29, 1.82) is 0 Å². The minimum Gasteiger partial charge on any atom is -0.492 e. The number of carbonyl (C=O) groups excluding carboxylic acids is 1. The predicted molar refractivity (Wildman–Crippen MR) is 85.8 cm³/mol. The summed E-state index contributed by atoms with van der Waals surface area (Å²) >= 11 is 0. The highest BCUT2D eigenvalue weighted by Crippen LogP contribution is 2.33. The van der Waals surface area contributed by atoms with E-state index < -0.39 is 0 Å². The monoisotopic (exact) mass is 290 g/mol. The molecule has 1 fully saturated rings. The topological polar surface area (TPSA) is 50.4 Å². The normalized spacial score (nSPS) is 21.9. The maximum absolute atomic E-state index is 12.8. The molecule has 4 nitrogen and oxygen atoms in total. The largest absolute Gasteiger partial charge is 0.492 e. The van der Waals surface area contributed by atoms with E-state index >= 15 is 0 Å². The van der Waals surface area contributed by atoms with Gasteiger partial charge in [-0.05, 0) is 57.4 Å². The molecule has 116 valence electrons. The van der Waals surface area contributed by atoms with E-state index in [1.165, 1.54) is 0 Å². The van der Waals surface area contributed by atoms with Crippen LogP contribution in [0.25, 0.3) is 0 Å². The molecular weight excluding hydrogens is 264 g/mol. The summed E-state index contributed by atoms with van der Waals surface area (Å²) in [5.41, 5.74) is 1.60. The number of ether oxygens (including phenoxy) is 1. The van der Waals surface area contributed by atoms with Gasteiger partial charge < -0.3 is 15.4 Å². The lowest BCUT2D eigenvalue weighted by Gasteiger charge is -2.35. The molecule has 2 N–H and O–H groups in total. The highest BCUT2D eigenvalue weighted by Gasteiger charge is 2.38. The second-order valence-electron chi connectivity index (χ2n) is 5.80. The maximum atomic E-state index is 12.8. The Morgan fingerprint density at radius 3 is 2.86 bits per heavy atom. The van der Waals surface area contributed by atoms with Gasteiger partial charge in [-0.3, -0.25) is 4.79 Å². The third kappa shape index (κ3) is 3.56. The van der Waals surface area contributed by atoms with Crippen molar-refractivity contribution in [2.45, 2.75) is 40.0 Å². The molecule has 4 heteroatoms. The van der Waals surface area contributed by atoms with Gasteiger partial charge in [0.15, 0.2) is 0 Å². The Morgan fingerprint density at radius 2 is 2.24 bits per heavy atom.